The van der Waals surface area contributed by atoms with Gasteiger partial charge in [0.25, 0.3) is 5.91 Å². The number of benzene rings is 1. The maximum Gasteiger partial charge on any atom is 0.266 e. The second-order valence-electron chi connectivity index (χ2n) is 4.60. The third-order valence-electron chi connectivity index (χ3n) is 3.04. The van der Waals surface area contributed by atoms with Crippen molar-refractivity contribution in [2.45, 2.75) is 12.5 Å². The van der Waals surface area contributed by atoms with Crippen molar-refractivity contribution < 1.29 is 29.0 Å². The molecular formula is C14H7ClFNO5S2-2. The molecule has 1 amide bonds. The fraction of sp³-hybridized carbons (Fsp3) is 0.143. The second kappa shape index (κ2) is 7.29. The third-order valence-corrected chi connectivity index (χ3v) is 4.70. The Balaban J connectivity index is 2.39. The molecule has 10 heteroatoms. The molecule has 1 fully saturated rings. The molecule has 1 aromatic rings. The van der Waals surface area contributed by atoms with Gasteiger partial charge in [0.15, 0.2) is 0 Å². The van der Waals surface area contributed by atoms with E-state index < -0.39 is 36.1 Å². The number of carboxylic acids is 2. The average molecular weight is 388 g/mol. The van der Waals surface area contributed by atoms with Crippen LogP contribution in [0, 0.1) is 5.82 Å². The Bertz CT molecular complexity index is 762. The maximum absolute atomic E-state index is 13.8. The van der Waals surface area contributed by atoms with Crippen LogP contribution in [0.2, 0.25) is 5.02 Å². The maximum atomic E-state index is 13.8. The summed E-state index contributed by atoms with van der Waals surface area (Å²) in [5.41, 5.74) is -0.0652. The molecular weight excluding hydrogens is 381 g/mol. The predicted octanol–water partition coefficient (Wildman–Crippen LogP) is -0.0612. The predicted molar refractivity (Wildman–Crippen MR) is 84.8 cm³/mol. The van der Waals surface area contributed by atoms with Crippen LogP contribution in [0.15, 0.2) is 23.1 Å². The lowest BCUT2D eigenvalue weighted by molar-refractivity contribution is -0.319. The van der Waals surface area contributed by atoms with E-state index in [4.69, 9.17) is 23.8 Å². The van der Waals surface area contributed by atoms with Crippen molar-refractivity contribution in [2.75, 3.05) is 0 Å². The number of thioether (sulfide) groups is 1. The molecule has 24 heavy (non-hydrogen) atoms. The normalized spacial score (nSPS) is 17.4. The highest BCUT2D eigenvalue weighted by Gasteiger charge is 2.38. The number of carboxylic acid groups (broad SMARTS) is 2. The molecule has 1 aromatic carbocycles. The molecule has 1 aliphatic heterocycles. The van der Waals surface area contributed by atoms with Gasteiger partial charge in [-0.05, 0) is 18.2 Å². The number of amides is 1. The number of hydrogen-bond donors (Lipinski definition) is 0. The molecule has 0 saturated carbocycles. The highest BCUT2D eigenvalue weighted by molar-refractivity contribution is 8.26. The van der Waals surface area contributed by atoms with Gasteiger partial charge in [0.1, 0.15) is 10.1 Å². The van der Waals surface area contributed by atoms with Crippen LogP contribution in [0.25, 0.3) is 6.08 Å². The minimum absolute atomic E-state index is 0.0476. The number of rotatable bonds is 5. The van der Waals surface area contributed by atoms with Crippen LogP contribution < -0.4 is 10.2 Å². The molecule has 0 spiro atoms. The molecule has 1 heterocycles. The molecule has 1 atom stereocenters. The lowest BCUT2D eigenvalue weighted by Crippen LogP contribution is -2.52. The van der Waals surface area contributed by atoms with Gasteiger partial charge in [0.05, 0.1) is 21.9 Å². The largest absolute Gasteiger partial charge is 0.550 e. The van der Waals surface area contributed by atoms with E-state index in [1.807, 2.05) is 0 Å². The van der Waals surface area contributed by atoms with Crippen molar-refractivity contribution in [3.8, 4) is 0 Å². The minimum Gasteiger partial charge on any atom is -0.550 e. The van der Waals surface area contributed by atoms with Crippen LogP contribution in [-0.2, 0) is 14.4 Å². The zero-order chi connectivity index (χ0) is 18.0. The molecule has 1 aliphatic rings. The smallest absolute Gasteiger partial charge is 0.266 e. The van der Waals surface area contributed by atoms with Crippen LogP contribution in [0.3, 0.4) is 0 Å². The van der Waals surface area contributed by atoms with Gasteiger partial charge in [-0.25, -0.2) is 4.39 Å². The van der Waals surface area contributed by atoms with Gasteiger partial charge in [-0.3, -0.25) is 9.69 Å². The molecule has 0 radical (unpaired) electrons. The van der Waals surface area contributed by atoms with Gasteiger partial charge in [0.2, 0.25) is 0 Å². The molecule has 2 rings (SSSR count). The summed E-state index contributed by atoms with van der Waals surface area (Å²) in [4.78, 5) is 34.7. The van der Waals surface area contributed by atoms with Gasteiger partial charge in [0, 0.05) is 18.0 Å². The summed E-state index contributed by atoms with van der Waals surface area (Å²) < 4.78 is 13.6. The van der Waals surface area contributed by atoms with Crippen molar-refractivity contribution in [1.29, 1.82) is 0 Å². The molecule has 0 aromatic heterocycles. The summed E-state index contributed by atoms with van der Waals surface area (Å²) in [5.74, 6) is -5.03. The number of halogens is 2. The number of thiocarbonyl (C=S) groups is 1. The zero-order valence-corrected chi connectivity index (χ0v) is 14.0. The first-order valence-electron chi connectivity index (χ1n) is 6.34. The summed E-state index contributed by atoms with van der Waals surface area (Å²) in [6.07, 6.45) is 0.144. The minimum atomic E-state index is -1.82. The average Bonchev–Trinajstić information content (AvgIpc) is 2.75. The number of hydrogen-bond acceptors (Lipinski definition) is 7. The molecule has 126 valence electrons. The van der Waals surface area contributed by atoms with E-state index >= 15 is 0 Å². The standard InChI is InChI=1S/C14H9ClFNO5S2/c15-7-2-1-3-8(16)6(7)4-10-12(20)17(14(23)24-10)9(13(21)22)5-11(18)19/h1-4,9H,5H2,(H,18,19)(H,21,22)/p-2/b10-4-/t9-/m0/s1. The van der Waals surface area contributed by atoms with Gasteiger partial charge in [-0.1, -0.05) is 41.6 Å². The summed E-state index contributed by atoms with van der Waals surface area (Å²) in [6, 6.07) is 2.12. The summed E-state index contributed by atoms with van der Waals surface area (Å²) in [5, 5.41) is 21.8. The van der Waals surface area contributed by atoms with Crippen molar-refractivity contribution >= 4 is 63.8 Å². The Morgan fingerprint density at radius 2 is 2.08 bits per heavy atom. The van der Waals surface area contributed by atoms with Crippen LogP contribution in [0.4, 0.5) is 4.39 Å². The van der Waals surface area contributed by atoms with E-state index in [0.29, 0.717) is 16.7 Å². The van der Waals surface area contributed by atoms with Crippen LogP contribution in [0.1, 0.15) is 12.0 Å². The Kier molecular flexibility index (Phi) is 5.58. The van der Waals surface area contributed by atoms with E-state index in [1.165, 1.54) is 12.1 Å². The molecule has 0 unspecified atom stereocenters. The zero-order valence-electron chi connectivity index (χ0n) is 11.7. The van der Waals surface area contributed by atoms with Crippen molar-refractivity contribution in [3.05, 3.63) is 39.5 Å². The molecule has 0 aliphatic carbocycles. The highest BCUT2D eigenvalue weighted by Crippen LogP contribution is 2.36. The van der Waals surface area contributed by atoms with Gasteiger partial charge in [-0.15, -0.1) is 0 Å². The van der Waals surface area contributed by atoms with Gasteiger partial charge in [-0.2, -0.15) is 0 Å². The monoisotopic (exact) mass is 387 g/mol. The van der Waals surface area contributed by atoms with Crippen LogP contribution >= 0.6 is 35.6 Å². The van der Waals surface area contributed by atoms with Crippen molar-refractivity contribution in [2.24, 2.45) is 0 Å². The second-order valence-corrected chi connectivity index (χ2v) is 6.68. The Morgan fingerprint density at radius 3 is 2.62 bits per heavy atom. The van der Waals surface area contributed by atoms with E-state index in [1.54, 1.807) is 0 Å². The number of nitrogens with zero attached hydrogens (tertiary/aromatic N) is 1. The Morgan fingerprint density at radius 1 is 1.42 bits per heavy atom. The first-order chi connectivity index (χ1) is 11.2. The summed E-state index contributed by atoms with van der Waals surface area (Å²) >= 11 is 11.5. The number of aliphatic carboxylic acids is 2. The molecule has 6 nitrogen and oxygen atoms in total. The fourth-order valence-corrected chi connectivity index (χ4v) is 3.52. The Hall–Kier alpha value is -1.97. The lowest BCUT2D eigenvalue weighted by atomic mass is 10.1. The van der Waals surface area contributed by atoms with Crippen LogP contribution in [0.5, 0.6) is 0 Å². The topological polar surface area (TPSA) is 101 Å². The molecule has 0 N–H and O–H groups in total. The van der Waals surface area contributed by atoms with Gasteiger partial charge < -0.3 is 19.8 Å². The fourth-order valence-electron chi connectivity index (χ4n) is 1.97. The molecule has 0 bridgehead atoms. The first kappa shape index (κ1) is 18.4. The number of carbonyl (C=O) groups is 3. The summed E-state index contributed by atoms with van der Waals surface area (Å²) in [6.45, 7) is 0. The van der Waals surface area contributed by atoms with Crippen molar-refractivity contribution in [3.63, 3.8) is 0 Å². The lowest BCUT2D eigenvalue weighted by Gasteiger charge is -2.27. The SMILES string of the molecule is O=C([O-])C[C@@H](C(=O)[O-])N1C(=O)/C(=C/c2c(F)cccc2Cl)SC1=S. The quantitative estimate of drug-likeness (QED) is 0.515. The number of carbonyl (C=O) groups excluding carboxylic acids is 3. The highest BCUT2D eigenvalue weighted by atomic mass is 35.5. The third kappa shape index (κ3) is 3.74. The van der Waals surface area contributed by atoms with E-state index in [2.05, 4.69) is 0 Å². The van der Waals surface area contributed by atoms with E-state index in [0.717, 1.165) is 12.1 Å². The van der Waals surface area contributed by atoms with E-state index in [-0.39, 0.29) is 19.8 Å². The van der Waals surface area contributed by atoms with E-state index in [9.17, 15) is 29.0 Å². The summed E-state index contributed by atoms with van der Waals surface area (Å²) in [7, 11) is 0. The van der Waals surface area contributed by atoms with Gasteiger partial charge >= 0.3 is 0 Å². The first-order valence-corrected chi connectivity index (χ1v) is 7.94. The van der Waals surface area contributed by atoms with Crippen LogP contribution in [-0.4, -0.2) is 33.1 Å². The molecule has 1 saturated heterocycles. The van der Waals surface area contributed by atoms with Crippen molar-refractivity contribution in [1.82, 2.24) is 4.90 Å². The Labute approximate surface area is 149 Å².